The molecule has 0 radical (unpaired) electrons. The summed E-state index contributed by atoms with van der Waals surface area (Å²) >= 11 is 0. The van der Waals surface area contributed by atoms with Gasteiger partial charge in [0, 0.05) is 28.1 Å². The highest BCUT2D eigenvalue weighted by Gasteiger charge is 2.34. The first kappa shape index (κ1) is 25.3. The lowest BCUT2D eigenvalue weighted by Crippen LogP contribution is -2.32. The average molecular weight is 505 g/mol. The van der Waals surface area contributed by atoms with E-state index in [4.69, 9.17) is 0 Å². The lowest BCUT2D eigenvalue weighted by Gasteiger charge is -2.39. The van der Waals surface area contributed by atoms with Crippen molar-refractivity contribution >= 4 is 22.6 Å². The fraction of sp³-hybridized carbons (Fsp3) is 0.0857. The zero-order valence-corrected chi connectivity index (χ0v) is 22.2. The van der Waals surface area contributed by atoms with E-state index in [2.05, 4.69) is 84.7 Å². The summed E-state index contributed by atoms with van der Waals surface area (Å²) in [7, 11) is 0. The number of nitrogens with one attached hydrogen (secondary N) is 1. The molecule has 0 unspecified atom stereocenters. The summed E-state index contributed by atoms with van der Waals surface area (Å²) in [4.78, 5) is 2.21. The highest BCUT2D eigenvalue weighted by atomic mass is 15.3. The Morgan fingerprint density at radius 3 is 1.69 bits per heavy atom. The number of benzene rings is 4. The van der Waals surface area contributed by atoms with E-state index < -0.39 is 0 Å². The Morgan fingerprint density at radius 1 is 0.641 bits per heavy atom. The van der Waals surface area contributed by atoms with Gasteiger partial charge in [-0.25, -0.2) is 0 Å². The molecular weight excluding hydrogens is 476 g/mol. The first-order chi connectivity index (χ1) is 19.0. The van der Waals surface area contributed by atoms with Crippen molar-refractivity contribution in [1.82, 2.24) is 0 Å². The van der Waals surface area contributed by atoms with E-state index in [1.165, 1.54) is 5.56 Å². The second-order valence-corrected chi connectivity index (χ2v) is 9.56. The third-order valence-electron chi connectivity index (χ3n) is 6.85. The Hall–Kier alpha value is -5.32. The number of rotatable bonds is 5. The summed E-state index contributed by atoms with van der Waals surface area (Å²) in [5.41, 5.74) is 9.36. The Labute approximate surface area is 230 Å². The van der Waals surface area contributed by atoms with Crippen LogP contribution in [0.4, 0.5) is 11.4 Å². The molecule has 1 N–H and O–H groups in total. The molecule has 0 aliphatic carbocycles. The maximum absolute atomic E-state index is 10.1. The minimum Gasteiger partial charge on any atom is -0.341 e. The molecule has 4 heteroatoms. The van der Waals surface area contributed by atoms with Gasteiger partial charge in [0.25, 0.3) is 0 Å². The van der Waals surface area contributed by atoms with Crippen LogP contribution in [-0.4, -0.2) is 0 Å². The Morgan fingerprint density at radius 2 is 1.15 bits per heavy atom. The molecule has 0 bridgehead atoms. The molecule has 5 rings (SSSR count). The Balaban J connectivity index is 1.91. The van der Waals surface area contributed by atoms with Gasteiger partial charge in [0.15, 0.2) is 0 Å². The summed E-state index contributed by atoms with van der Waals surface area (Å²) in [5.74, 6) is 0.791. The zero-order valence-electron chi connectivity index (χ0n) is 22.2. The number of allylic oxidation sites excluding steroid dienone is 4. The lowest BCUT2D eigenvalue weighted by molar-refractivity contribution is 1.10. The van der Waals surface area contributed by atoms with Crippen LogP contribution in [0.15, 0.2) is 132 Å². The van der Waals surface area contributed by atoms with Gasteiger partial charge >= 0.3 is 0 Å². The van der Waals surface area contributed by atoms with Gasteiger partial charge in [-0.1, -0.05) is 96.1 Å². The quantitative estimate of drug-likeness (QED) is 0.277. The number of nitrogens with zero attached hydrogens (tertiary/aromatic N) is 3. The highest BCUT2D eigenvalue weighted by Crippen LogP contribution is 2.47. The number of hydrogen-bond acceptors (Lipinski definition) is 4. The summed E-state index contributed by atoms with van der Waals surface area (Å²) < 4.78 is 0. The minimum absolute atomic E-state index is 0.0755. The van der Waals surface area contributed by atoms with Gasteiger partial charge in [0.1, 0.15) is 23.5 Å². The van der Waals surface area contributed by atoms with Crippen molar-refractivity contribution in [1.29, 1.82) is 10.5 Å². The van der Waals surface area contributed by atoms with Crippen LogP contribution in [0.1, 0.15) is 29.2 Å². The largest absolute Gasteiger partial charge is 0.341 e. The van der Waals surface area contributed by atoms with Crippen molar-refractivity contribution in [3.8, 4) is 12.1 Å². The van der Waals surface area contributed by atoms with Gasteiger partial charge in [-0.2, -0.15) is 10.5 Å². The van der Waals surface area contributed by atoms with E-state index in [0.29, 0.717) is 5.57 Å². The number of aryl methyl sites for hydroxylation is 2. The van der Waals surface area contributed by atoms with E-state index in [0.717, 1.165) is 50.7 Å². The van der Waals surface area contributed by atoms with Crippen molar-refractivity contribution < 1.29 is 0 Å². The molecule has 1 aliphatic heterocycles. The minimum atomic E-state index is 0.0755. The summed E-state index contributed by atoms with van der Waals surface area (Å²) in [6.07, 6.45) is 0. The maximum Gasteiger partial charge on any atom is 0.137 e. The SMILES string of the molecule is CC1=C(Nc2ccc(C)cc2)N(c2ccc(C)cc2)C(c2ccccc2)=C(c2ccccc2)C1=C(C#N)C#N. The predicted octanol–water partition coefficient (Wildman–Crippen LogP) is 8.38. The smallest absolute Gasteiger partial charge is 0.137 e. The third-order valence-corrected chi connectivity index (χ3v) is 6.85. The summed E-state index contributed by atoms with van der Waals surface area (Å²) in [6.45, 7) is 6.11. The van der Waals surface area contributed by atoms with Crippen LogP contribution in [0, 0.1) is 36.5 Å². The normalized spacial score (nSPS) is 13.2. The van der Waals surface area contributed by atoms with Crippen LogP contribution < -0.4 is 10.2 Å². The van der Waals surface area contributed by atoms with Crippen LogP contribution in [-0.2, 0) is 0 Å². The van der Waals surface area contributed by atoms with Gasteiger partial charge in [-0.05, 0) is 56.2 Å². The van der Waals surface area contributed by atoms with Gasteiger partial charge < -0.3 is 5.32 Å². The van der Waals surface area contributed by atoms with Gasteiger partial charge in [0.05, 0.1) is 5.70 Å². The lowest BCUT2D eigenvalue weighted by atomic mass is 9.83. The fourth-order valence-corrected chi connectivity index (χ4v) is 4.90. The fourth-order valence-electron chi connectivity index (χ4n) is 4.90. The van der Waals surface area contributed by atoms with Crippen molar-refractivity contribution in [2.45, 2.75) is 20.8 Å². The standard InChI is InChI=1S/C35H28N4/c1-24-14-18-30(19-15-24)38-35-26(3)32(29(22-36)23-37)33(27-10-6-4-7-11-27)34(28-12-8-5-9-13-28)39(35)31-20-16-25(2)17-21-31/h4-21,38H,1-3H3. The molecule has 188 valence electrons. The third kappa shape index (κ3) is 4.97. The summed E-state index contributed by atoms with van der Waals surface area (Å²) in [5, 5.41) is 23.9. The van der Waals surface area contributed by atoms with Crippen molar-refractivity contribution in [2.75, 3.05) is 10.2 Å². The predicted molar refractivity (Wildman–Crippen MR) is 159 cm³/mol. The number of nitriles is 2. The second-order valence-electron chi connectivity index (χ2n) is 9.56. The first-order valence-corrected chi connectivity index (χ1v) is 12.8. The van der Waals surface area contributed by atoms with Crippen LogP contribution in [0.5, 0.6) is 0 Å². The van der Waals surface area contributed by atoms with Crippen LogP contribution >= 0.6 is 0 Å². The molecule has 4 aromatic rings. The van der Waals surface area contributed by atoms with Gasteiger partial charge in [0.2, 0.25) is 0 Å². The average Bonchev–Trinajstić information content (AvgIpc) is 2.98. The molecule has 1 aliphatic rings. The second kappa shape index (κ2) is 11.0. The van der Waals surface area contributed by atoms with Gasteiger partial charge in [-0.3, -0.25) is 4.90 Å². The highest BCUT2D eigenvalue weighted by molar-refractivity contribution is 6.09. The molecule has 0 aromatic heterocycles. The van der Waals surface area contributed by atoms with E-state index in [9.17, 15) is 10.5 Å². The Bertz CT molecular complexity index is 1660. The molecule has 0 saturated carbocycles. The van der Waals surface area contributed by atoms with Gasteiger partial charge in [-0.15, -0.1) is 0 Å². The molecule has 0 saturated heterocycles. The van der Waals surface area contributed by atoms with Crippen molar-refractivity contribution in [3.63, 3.8) is 0 Å². The molecule has 0 fully saturated rings. The number of hydrogen-bond donors (Lipinski definition) is 1. The monoisotopic (exact) mass is 504 g/mol. The summed E-state index contributed by atoms with van der Waals surface area (Å²) in [6, 6.07) is 41.1. The topological polar surface area (TPSA) is 62.9 Å². The molecule has 0 amide bonds. The van der Waals surface area contributed by atoms with E-state index in [1.807, 2.05) is 67.6 Å². The number of anilines is 2. The maximum atomic E-state index is 10.1. The van der Waals surface area contributed by atoms with Crippen LogP contribution in [0.25, 0.3) is 11.3 Å². The van der Waals surface area contributed by atoms with E-state index in [1.54, 1.807) is 0 Å². The van der Waals surface area contributed by atoms with Crippen LogP contribution in [0.3, 0.4) is 0 Å². The first-order valence-electron chi connectivity index (χ1n) is 12.8. The molecule has 0 atom stereocenters. The Kier molecular flexibility index (Phi) is 7.13. The molecule has 4 nitrogen and oxygen atoms in total. The molecule has 0 spiro atoms. The molecule has 4 aromatic carbocycles. The molecular formula is C35H28N4. The van der Waals surface area contributed by atoms with E-state index >= 15 is 0 Å². The van der Waals surface area contributed by atoms with E-state index in [-0.39, 0.29) is 5.57 Å². The van der Waals surface area contributed by atoms with Crippen molar-refractivity contribution in [2.24, 2.45) is 0 Å². The zero-order chi connectivity index (χ0) is 27.4. The molecule has 1 heterocycles. The van der Waals surface area contributed by atoms with Crippen molar-refractivity contribution in [3.05, 3.63) is 154 Å². The van der Waals surface area contributed by atoms with Crippen LogP contribution in [0.2, 0.25) is 0 Å². The molecule has 39 heavy (non-hydrogen) atoms.